The first-order valence-corrected chi connectivity index (χ1v) is 22.9. The van der Waals surface area contributed by atoms with Crippen LogP contribution in [0, 0.1) is 0 Å². The predicted octanol–water partition coefficient (Wildman–Crippen LogP) is 14.5. The molecule has 334 valence electrons. The molecule has 69 heavy (non-hydrogen) atoms. The molecule has 10 rings (SSSR count). The molecular weight excluding hydrogens is 851 g/mol. The zero-order chi connectivity index (χ0) is 46.8. The van der Waals surface area contributed by atoms with Gasteiger partial charge in [0.1, 0.15) is 11.5 Å². The van der Waals surface area contributed by atoms with Gasteiger partial charge in [0.25, 0.3) is 0 Å². The zero-order valence-corrected chi connectivity index (χ0v) is 37.9. The molecule has 10 nitrogen and oxygen atoms in total. The van der Waals surface area contributed by atoms with Crippen LogP contribution in [0.2, 0.25) is 0 Å². The molecule has 2 heterocycles. The van der Waals surface area contributed by atoms with Gasteiger partial charge in [-0.1, -0.05) is 146 Å². The third-order valence-corrected chi connectivity index (χ3v) is 11.6. The van der Waals surface area contributed by atoms with Crippen LogP contribution >= 0.6 is 0 Å². The molecule has 0 atom stereocenters. The number of carbonyl (C=O) groups excluding carboxylic acids is 1. The lowest BCUT2D eigenvalue weighted by Gasteiger charge is -2.30. The summed E-state index contributed by atoms with van der Waals surface area (Å²) in [6, 6.07) is 79.9. The molecule has 0 bridgehead atoms. The largest absolute Gasteiger partial charge is 0.298 e. The van der Waals surface area contributed by atoms with Crippen molar-refractivity contribution in [2.24, 2.45) is 9.98 Å². The van der Waals surface area contributed by atoms with E-state index in [-0.39, 0.29) is 23.4 Å². The minimum atomic E-state index is -0.472. The molecule has 8 aromatic carbocycles. The van der Waals surface area contributed by atoms with Crippen LogP contribution < -0.4 is 19.6 Å². The van der Waals surface area contributed by atoms with Crippen LogP contribution in [0.5, 0.6) is 0 Å². The maximum absolute atomic E-state index is 15.8. The van der Waals surface area contributed by atoms with Gasteiger partial charge in [0.2, 0.25) is 29.5 Å². The van der Waals surface area contributed by atoms with Gasteiger partial charge in [-0.15, -0.1) is 0 Å². The molecule has 1 aliphatic heterocycles. The number of amidine groups is 1. The third kappa shape index (κ3) is 9.68. The van der Waals surface area contributed by atoms with Crippen molar-refractivity contribution >= 4 is 75.0 Å². The number of Topliss-reactive ketones (excluding diaryl/α,β-unsaturated/α-hetero) is 1. The number of nitrogens with zero attached hydrogens (tertiary/aromatic N) is 9. The van der Waals surface area contributed by atoms with Crippen LogP contribution in [0.1, 0.15) is 30.4 Å². The highest BCUT2D eigenvalue weighted by molar-refractivity contribution is 6.17. The number of aliphatic imine (C=N–C) groups is 2. The predicted molar refractivity (Wildman–Crippen MR) is 280 cm³/mol. The molecule has 0 saturated heterocycles. The monoisotopic (exact) mass is 897 g/mol. The fourth-order valence-corrected chi connectivity index (χ4v) is 8.28. The Bertz CT molecular complexity index is 2970. The van der Waals surface area contributed by atoms with Gasteiger partial charge >= 0.3 is 0 Å². The molecule has 1 aliphatic rings. The molecule has 0 radical (unpaired) electrons. The Labute approximate surface area is 402 Å². The van der Waals surface area contributed by atoms with Gasteiger partial charge in [-0.2, -0.15) is 19.9 Å². The van der Waals surface area contributed by atoms with Crippen molar-refractivity contribution < 1.29 is 4.79 Å². The van der Waals surface area contributed by atoms with Crippen molar-refractivity contribution in [1.29, 1.82) is 0 Å². The Morgan fingerprint density at radius 3 is 0.957 bits per heavy atom. The van der Waals surface area contributed by atoms with Gasteiger partial charge in [-0.25, -0.2) is 4.99 Å². The van der Waals surface area contributed by atoms with Crippen molar-refractivity contribution in [3.05, 3.63) is 260 Å². The van der Waals surface area contributed by atoms with Crippen molar-refractivity contribution in [3.63, 3.8) is 0 Å². The highest BCUT2D eigenvalue weighted by Gasteiger charge is 2.30. The molecule has 0 aliphatic carbocycles. The first-order valence-electron chi connectivity index (χ1n) is 22.9. The van der Waals surface area contributed by atoms with E-state index in [1.54, 1.807) is 0 Å². The van der Waals surface area contributed by atoms with Gasteiger partial charge < -0.3 is 0 Å². The highest BCUT2D eigenvalue weighted by atomic mass is 16.1. The standard InChI is InChI=1S/C59H47N9O/c1-44-42-43-53(65(45-26-10-2-11-27-45)46-28-12-3-13-29-46)60-57(66(47-30-14-4-15-31-47)48-32-16-5-17-33-48)61-54(44)55(69)56-62-58(67(49-34-18-6-19-35-49)50-36-20-7-21-37-50)64-59(63-56)68(51-38-22-8-23-39-51)52-40-24-9-25-41-52/h2-41H,42-43H2,1H3. The summed E-state index contributed by atoms with van der Waals surface area (Å²) in [6.07, 6.45) is 0.941. The van der Waals surface area contributed by atoms with Crippen molar-refractivity contribution in [2.75, 3.05) is 19.6 Å². The first-order chi connectivity index (χ1) is 34.1. The number of aromatic nitrogens is 3. The van der Waals surface area contributed by atoms with E-state index >= 15 is 4.79 Å². The van der Waals surface area contributed by atoms with Gasteiger partial charge in [0.05, 0.1) is 0 Å². The molecule has 0 N–H and O–H groups in total. The summed E-state index contributed by atoms with van der Waals surface area (Å²) in [5, 5.41) is 0. The van der Waals surface area contributed by atoms with Crippen LogP contribution in [0.3, 0.4) is 0 Å². The smallest absolute Gasteiger partial charge is 0.248 e. The number of carbonyl (C=O) groups is 1. The van der Waals surface area contributed by atoms with E-state index in [1.807, 2.05) is 240 Å². The summed E-state index contributed by atoms with van der Waals surface area (Å²) in [7, 11) is 0. The van der Waals surface area contributed by atoms with Gasteiger partial charge in [0, 0.05) is 51.9 Å². The van der Waals surface area contributed by atoms with Crippen molar-refractivity contribution in [1.82, 2.24) is 15.0 Å². The maximum Gasteiger partial charge on any atom is 0.248 e. The Balaban J connectivity index is 1.21. The summed E-state index contributed by atoms with van der Waals surface area (Å²) >= 11 is 0. The second-order valence-corrected chi connectivity index (χ2v) is 16.2. The lowest BCUT2D eigenvalue weighted by molar-refractivity contribution is 0.102. The number of para-hydroxylation sites is 8. The molecule has 0 unspecified atom stereocenters. The van der Waals surface area contributed by atoms with E-state index in [0.29, 0.717) is 18.8 Å². The van der Waals surface area contributed by atoms with Crippen LogP contribution in [0.4, 0.5) is 57.4 Å². The van der Waals surface area contributed by atoms with E-state index in [9.17, 15) is 0 Å². The fourth-order valence-electron chi connectivity index (χ4n) is 8.28. The zero-order valence-electron chi connectivity index (χ0n) is 37.9. The second-order valence-electron chi connectivity index (χ2n) is 16.2. The minimum absolute atomic E-state index is 0.0767. The average molecular weight is 898 g/mol. The number of benzene rings is 8. The second kappa shape index (κ2) is 20.5. The minimum Gasteiger partial charge on any atom is -0.298 e. The Hall–Kier alpha value is -9.28. The molecule has 0 amide bonds. The van der Waals surface area contributed by atoms with Crippen LogP contribution in [0.25, 0.3) is 0 Å². The number of hydrogen-bond acceptors (Lipinski definition) is 10. The number of hydrogen-bond donors (Lipinski definition) is 0. The number of allylic oxidation sites excluding steroid dienone is 2. The molecule has 9 aromatic rings. The van der Waals surface area contributed by atoms with E-state index < -0.39 is 5.78 Å². The number of anilines is 10. The van der Waals surface area contributed by atoms with E-state index in [2.05, 4.69) is 29.2 Å². The molecule has 0 spiro atoms. The summed E-state index contributed by atoms with van der Waals surface area (Å²) in [5.74, 6) is 1.00. The Morgan fingerprint density at radius 1 is 0.348 bits per heavy atom. The van der Waals surface area contributed by atoms with Crippen molar-refractivity contribution in [3.8, 4) is 0 Å². The van der Waals surface area contributed by atoms with Gasteiger partial charge in [-0.05, 0) is 116 Å². The van der Waals surface area contributed by atoms with Gasteiger partial charge in [-0.3, -0.25) is 24.4 Å². The summed E-state index contributed by atoms with van der Waals surface area (Å²) in [6.45, 7) is 1.96. The Morgan fingerprint density at radius 2 is 0.638 bits per heavy atom. The topological polar surface area (TPSA) is 93.4 Å². The number of rotatable bonds is 12. The lowest BCUT2D eigenvalue weighted by Crippen LogP contribution is -2.33. The first kappa shape index (κ1) is 43.6. The summed E-state index contributed by atoms with van der Waals surface area (Å²) in [5.41, 5.74) is 7.67. The van der Waals surface area contributed by atoms with Crippen LogP contribution in [-0.4, -0.2) is 32.5 Å². The summed E-state index contributed by atoms with van der Waals surface area (Å²) in [4.78, 5) is 50.2. The third-order valence-electron chi connectivity index (χ3n) is 11.6. The number of ketones is 1. The fraction of sp³-hybridized carbons (Fsp3) is 0.0508. The molecule has 1 aromatic heterocycles. The molecular formula is C59H47N9O. The summed E-state index contributed by atoms with van der Waals surface area (Å²) < 4.78 is 0. The van der Waals surface area contributed by atoms with Crippen LogP contribution in [-0.2, 0) is 0 Å². The lowest BCUT2D eigenvalue weighted by atomic mass is 10.0. The Kier molecular flexibility index (Phi) is 12.9. The molecule has 10 heteroatoms. The van der Waals surface area contributed by atoms with Crippen molar-refractivity contribution in [2.45, 2.75) is 19.8 Å². The molecule has 0 fully saturated rings. The quantitative estimate of drug-likeness (QED) is 0.112. The normalized spacial score (nSPS) is 12.5. The maximum atomic E-state index is 15.8. The van der Waals surface area contributed by atoms with E-state index in [1.165, 1.54) is 0 Å². The van der Waals surface area contributed by atoms with E-state index in [4.69, 9.17) is 24.9 Å². The highest BCUT2D eigenvalue weighted by Crippen LogP contribution is 2.38. The SMILES string of the molecule is CC1=C(C(=O)c2nc(N(c3ccccc3)c3ccccc3)nc(N(c3ccccc3)c3ccccc3)n2)N=C(N(c2ccccc2)c2ccccc2)N=C(N(c2ccccc2)c2ccccc2)CC1. The number of guanidine groups is 1. The molecule has 0 saturated carbocycles. The average Bonchev–Trinajstić information content (AvgIpc) is 3.41. The van der Waals surface area contributed by atoms with Crippen LogP contribution in [0.15, 0.2) is 264 Å². The van der Waals surface area contributed by atoms with Gasteiger partial charge in [0.15, 0.2) is 0 Å². The van der Waals surface area contributed by atoms with E-state index in [0.717, 1.165) is 56.9 Å².